The topological polar surface area (TPSA) is 37.4 Å². The average Bonchev–Trinajstić information content (AvgIpc) is 2.79. The highest BCUT2D eigenvalue weighted by molar-refractivity contribution is 9.11. The highest BCUT2D eigenvalue weighted by Crippen LogP contribution is 2.29. The van der Waals surface area contributed by atoms with Gasteiger partial charge < -0.3 is 0 Å². The lowest BCUT2D eigenvalue weighted by Gasteiger charge is -2.16. The number of sulfonamides is 1. The molecule has 0 bridgehead atoms. The van der Waals surface area contributed by atoms with Crippen LogP contribution in [0.1, 0.15) is 5.56 Å². The molecule has 19 heavy (non-hydrogen) atoms. The predicted molar refractivity (Wildman–Crippen MR) is 82.1 cm³/mol. The Hall–Kier alpha value is -0.400. The summed E-state index contributed by atoms with van der Waals surface area (Å²) in [5, 5.41) is 0.567. The van der Waals surface area contributed by atoms with Gasteiger partial charge in [0.15, 0.2) is 0 Å². The van der Waals surface area contributed by atoms with Crippen LogP contribution in [0.2, 0.25) is 5.02 Å². The summed E-state index contributed by atoms with van der Waals surface area (Å²) in [6.07, 6.45) is 0. The van der Waals surface area contributed by atoms with Crippen LogP contribution >= 0.6 is 38.9 Å². The number of nitrogens with zero attached hydrogens (tertiary/aromatic N) is 1. The van der Waals surface area contributed by atoms with Gasteiger partial charge in [-0.05, 0) is 39.7 Å². The van der Waals surface area contributed by atoms with Gasteiger partial charge in [-0.15, -0.1) is 11.3 Å². The average molecular weight is 381 g/mol. The number of rotatable bonds is 4. The Morgan fingerprint density at radius 2 is 1.95 bits per heavy atom. The molecule has 2 aromatic rings. The van der Waals surface area contributed by atoms with Gasteiger partial charge in [0.1, 0.15) is 4.21 Å². The van der Waals surface area contributed by atoms with E-state index in [9.17, 15) is 8.42 Å². The van der Waals surface area contributed by atoms with E-state index in [0.29, 0.717) is 9.23 Å². The maximum atomic E-state index is 12.3. The molecular formula is C12H11BrClNO2S2. The monoisotopic (exact) mass is 379 g/mol. The van der Waals surface area contributed by atoms with E-state index in [1.165, 1.54) is 15.6 Å². The molecule has 1 heterocycles. The van der Waals surface area contributed by atoms with Crippen molar-refractivity contribution >= 4 is 48.9 Å². The van der Waals surface area contributed by atoms with Gasteiger partial charge in [-0.2, -0.15) is 4.31 Å². The summed E-state index contributed by atoms with van der Waals surface area (Å²) in [5.41, 5.74) is 0.783. The molecule has 0 saturated heterocycles. The van der Waals surface area contributed by atoms with Gasteiger partial charge in [0, 0.05) is 18.6 Å². The zero-order chi connectivity index (χ0) is 14.0. The van der Waals surface area contributed by atoms with E-state index in [2.05, 4.69) is 15.9 Å². The fourth-order valence-electron chi connectivity index (χ4n) is 1.54. The summed E-state index contributed by atoms with van der Waals surface area (Å²) >= 11 is 10.5. The van der Waals surface area contributed by atoms with Crippen LogP contribution in [-0.2, 0) is 16.6 Å². The molecule has 0 aliphatic carbocycles. The van der Waals surface area contributed by atoms with Crippen molar-refractivity contribution in [2.75, 3.05) is 7.05 Å². The summed E-state index contributed by atoms with van der Waals surface area (Å²) in [7, 11) is -1.92. The number of halogens is 2. The van der Waals surface area contributed by atoms with Crippen molar-refractivity contribution in [2.24, 2.45) is 0 Å². The lowest BCUT2D eigenvalue weighted by molar-refractivity contribution is 0.468. The SMILES string of the molecule is CN(Cc1ccccc1Cl)S(=O)(=O)c1ccc(Br)s1. The lowest BCUT2D eigenvalue weighted by Crippen LogP contribution is -2.25. The van der Waals surface area contributed by atoms with Gasteiger partial charge >= 0.3 is 0 Å². The highest BCUT2D eigenvalue weighted by Gasteiger charge is 2.23. The van der Waals surface area contributed by atoms with E-state index in [1.54, 1.807) is 25.2 Å². The second kappa shape index (κ2) is 5.93. The first kappa shape index (κ1) is 15.0. The van der Waals surface area contributed by atoms with Gasteiger partial charge in [-0.25, -0.2) is 8.42 Å². The molecule has 0 fully saturated rings. The molecule has 1 aromatic carbocycles. The molecular weight excluding hydrogens is 370 g/mol. The van der Waals surface area contributed by atoms with E-state index in [-0.39, 0.29) is 6.54 Å². The van der Waals surface area contributed by atoms with Gasteiger partial charge in [0.2, 0.25) is 0 Å². The van der Waals surface area contributed by atoms with Gasteiger partial charge in [-0.3, -0.25) is 0 Å². The van der Waals surface area contributed by atoms with Crippen molar-refractivity contribution in [3.8, 4) is 0 Å². The number of thiophene rings is 1. The van der Waals surface area contributed by atoms with E-state index < -0.39 is 10.0 Å². The minimum absolute atomic E-state index is 0.248. The molecule has 0 N–H and O–H groups in total. The number of hydrogen-bond acceptors (Lipinski definition) is 3. The fourth-order valence-corrected chi connectivity index (χ4v) is 5.11. The first-order valence-corrected chi connectivity index (χ1v) is 8.79. The Bertz CT molecular complexity index is 685. The molecule has 0 unspecified atom stereocenters. The molecule has 102 valence electrons. The molecule has 0 saturated carbocycles. The molecule has 0 amide bonds. The largest absolute Gasteiger partial charge is 0.252 e. The standard InChI is InChI=1S/C12H11BrClNO2S2/c1-15(8-9-4-2-3-5-10(9)14)19(16,17)12-7-6-11(13)18-12/h2-7H,8H2,1H3. The zero-order valence-corrected chi connectivity index (χ0v) is 14.0. The van der Waals surface area contributed by atoms with Crippen molar-refractivity contribution in [3.63, 3.8) is 0 Å². The van der Waals surface area contributed by atoms with Gasteiger partial charge in [0.05, 0.1) is 3.79 Å². The van der Waals surface area contributed by atoms with Crippen LogP contribution in [0.15, 0.2) is 44.4 Å². The minimum Gasteiger partial charge on any atom is -0.206 e. The van der Waals surface area contributed by atoms with Crippen molar-refractivity contribution < 1.29 is 8.42 Å². The van der Waals surface area contributed by atoms with Gasteiger partial charge in [-0.1, -0.05) is 29.8 Å². The smallest absolute Gasteiger partial charge is 0.206 e. The van der Waals surface area contributed by atoms with Crippen molar-refractivity contribution in [2.45, 2.75) is 10.8 Å². The summed E-state index contributed by atoms with van der Waals surface area (Å²) in [6, 6.07) is 10.5. The Morgan fingerprint density at radius 3 is 2.53 bits per heavy atom. The van der Waals surface area contributed by atoms with Crippen LogP contribution in [0.5, 0.6) is 0 Å². The Labute approximate surface area is 130 Å². The quantitative estimate of drug-likeness (QED) is 0.804. The maximum Gasteiger partial charge on any atom is 0.252 e. The fraction of sp³-hybridized carbons (Fsp3) is 0.167. The molecule has 0 aliphatic heterocycles. The van der Waals surface area contributed by atoms with Crippen LogP contribution in [0.3, 0.4) is 0 Å². The van der Waals surface area contributed by atoms with E-state index in [1.807, 2.05) is 18.2 Å². The molecule has 3 nitrogen and oxygen atoms in total. The Morgan fingerprint density at radius 1 is 1.26 bits per heavy atom. The minimum atomic E-state index is -3.47. The first-order chi connectivity index (χ1) is 8.91. The molecule has 0 spiro atoms. The maximum absolute atomic E-state index is 12.3. The summed E-state index contributed by atoms with van der Waals surface area (Å²) in [4.78, 5) is 0. The van der Waals surface area contributed by atoms with E-state index >= 15 is 0 Å². The first-order valence-electron chi connectivity index (χ1n) is 5.36. The van der Waals surface area contributed by atoms with Crippen molar-refractivity contribution in [3.05, 3.63) is 50.8 Å². The van der Waals surface area contributed by atoms with E-state index in [0.717, 1.165) is 9.35 Å². The second-order valence-corrected chi connectivity index (χ2v) is 9.05. The predicted octanol–water partition coefficient (Wildman–Crippen LogP) is 3.98. The van der Waals surface area contributed by atoms with Crippen LogP contribution in [-0.4, -0.2) is 19.8 Å². The van der Waals surface area contributed by atoms with Crippen LogP contribution < -0.4 is 0 Å². The third-order valence-electron chi connectivity index (χ3n) is 2.56. The summed E-state index contributed by atoms with van der Waals surface area (Å²) in [5.74, 6) is 0. The molecule has 0 radical (unpaired) electrons. The highest BCUT2D eigenvalue weighted by atomic mass is 79.9. The molecule has 0 atom stereocenters. The van der Waals surface area contributed by atoms with E-state index in [4.69, 9.17) is 11.6 Å². The van der Waals surface area contributed by atoms with Crippen LogP contribution in [0.4, 0.5) is 0 Å². The number of hydrogen-bond donors (Lipinski definition) is 0. The van der Waals surface area contributed by atoms with Crippen LogP contribution in [0.25, 0.3) is 0 Å². The van der Waals surface area contributed by atoms with Gasteiger partial charge in [0.25, 0.3) is 10.0 Å². The number of benzene rings is 1. The molecule has 2 rings (SSSR count). The van der Waals surface area contributed by atoms with Crippen molar-refractivity contribution in [1.29, 1.82) is 0 Å². The lowest BCUT2D eigenvalue weighted by atomic mass is 10.2. The zero-order valence-electron chi connectivity index (χ0n) is 10.0. The van der Waals surface area contributed by atoms with Crippen molar-refractivity contribution in [1.82, 2.24) is 4.31 Å². The normalized spacial score (nSPS) is 12.0. The second-order valence-electron chi connectivity index (χ2n) is 3.91. The van der Waals surface area contributed by atoms with Crippen LogP contribution in [0, 0.1) is 0 Å². The Kier molecular flexibility index (Phi) is 4.68. The Balaban J connectivity index is 2.25. The molecule has 0 aliphatic rings. The molecule has 7 heteroatoms. The molecule has 1 aromatic heterocycles. The third kappa shape index (κ3) is 3.38. The third-order valence-corrected chi connectivity index (χ3v) is 6.83. The summed E-state index contributed by atoms with van der Waals surface area (Å²) in [6.45, 7) is 0.248. The summed E-state index contributed by atoms with van der Waals surface area (Å²) < 4.78 is 27.1.